The molecule has 0 saturated carbocycles. The van der Waals surface area contributed by atoms with Gasteiger partial charge in [-0.05, 0) is 68.1 Å². The van der Waals surface area contributed by atoms with E-state index in [4.69, 9.17) is 9.47 Å². The minimum Gasteiger partial charge on any atom is -0.493 e. The number of nitrogens with one attached hydrogen (secondary N) is 1. The maximum absolute atomic E-state index is 13.2. The van der Waals surface area contributed by atoms with E-state index in [2.05, 4.69) is 5.32 Å². The minimum atomic E-state index is -0.369. The van der Waals surface area contributed by atoms with Gasteiger partial charge in [0.25, 0.3) is 11.8 Å². The molecule has 2 amide bonds. The fourth-order valence-electron chi connectivity index (χ4n) is 4.61. The molecule has 158 valence electrons. The van der Waals surface area contributed by atoms with E-state index in [0.717, 1.165) is 12.8 Å². The van der Waals surface area contributed by atoms with Gasteiger partial charge in [0.15, 0.2) is 11.5 Å². The average molecular weight is 412 g/mol. The number of halogens is 1. The molecule has 0 aliphatic carbocycles. The van der Waals surface area contributed by atoms with Gasteiger partial charge in [0.05, 0.1) is 14.2 Å². The molecule has 30 heavy (non-hydrogen) atoms. The number of hydrogen-bond acceptors (Lipinski definition) is 4. The molecule has 2 aromatic rings. The molecular weight excluding hydrogens is 387 g/mol. The lowest BCUT2D eigenvalue weighted by Gasteiger charge is -2.39. The van der Waals surface area contributed by atoms with Gasteiger partial charge in [-0.3, -0.25) is 9.59 Å². The standard InChI is InChI=1S/C23H25FN2O4/c1-29-20-10-5-15(11-21(20)30-2)23(28)26-18-8-9-19(26)13-17(12-18)25-22(27)14-3-6-16(24)7-4-14/h3-7,10-11,17-19H,8-9,12-13H2,1-2H3,(H,25,27)/t17?,18-,19+. The van der Waals surface area contributed by atoms with Gasteiger partial charge in [0.2, 0.25) is 0 Å². The molecule has 6 nitrogen and oxygen atoms in total. The van der Waals surface area contributed by atoms with Crippen LogP contribution < -0.4 is 14.8 Å². The summed E-state index contributed by atoms with van der Waals surface area (Å²) >= 11 is 0. The Bertz CT molecular complexity index is 933. The van der Waals surface area contributed by atoms with E-state index < -0.39 is 0 Å². The molecule has 2 aliphatic heterocycles. The van der Waals surface area contributed by atoms with Crippen LogP contribution in [0, 0.1) is 5.82 Å². The van der Waals surface area contributed by atoms with Crippen molar-refractivity contribution in [2.24, 2.45) is 0 Å². The third-order valence-corrected chi connectivity index (χ3v) is 6.04. The summed E-state index contributed by atoms with van der Waals surface area (Å²) in [5.74, 6) is 0.508. The largest absolute Gasteiger partial charge is 0.493 e. The van der Waals surface area contributed by atoms with Gasteiger partial charge < -0.3 is 19.7 Å². The van der Waals surface area contributed by atoms with Crippen LogP contribution in [0.4, 0.5) is 4.39 Å². The second kappa shape index (κ2) is 8.34. The Morgan fingerprint density at radius 1 is 0.933 bits per heavy atom. The number of carbonyl (C=O) groups excluding carboxylic acids is 2. The summed E-state index contributed by atoms with van der Waals surface area (Å²) in [5, 5.41) is 3.05. The second-order valence-electron chi connectivity index (χ2n) is 7.82. The van der Waals surface area contributed by atoms with E-state index >= 15 is 0 Å². The van der Waals surface area contributed by atoms with Crippen molar-refractivity contribution in [1.82, 2.24) is 10.2 Å². The van der Waals surface area contributed by atoms with Gasteiger partial charge in [-0.15, -0.1) is 0 Å². The number of fused-ring (bicyclic) bond motifs is 2. The van der Waals surface area contributed by atoms with Crippen LogP contribution in [0.3, 0.4) is 0 Å². The summed E-state index contributed by atoms with van der Waals surface area (Å²) in [6, 6.07) is 10.9. The van der Waals surface area contributed by atoms with Crippen LogP contribution in [0.1, 0.15) is 46.4 Å². The van der Waals surface area contributed by atoms with E-state index in [-0.39, 0.29) is 35.8 Å². The molecule has 7 heteroatoms. The summed E-state index contributed by atoms with van der Waals surface area (Å²) in [6.45, 7) is 0. The van der Waals surface area contributed by atoms with Crippen molar-refractivity contribution in [3.05, 3.63) is 59.4 Å². The molecule has 2 saturated heterocycles. The third kappa shape index (κ3) is 3.84. The zero-order valence-corrected chi connectivity index (χ0v) is 17.1. The number of amides is 2. The minimum absolute atomic E-state index is 0.00509. The Balaban J connectivity index is 1.44. The topological polar surface area (TPSA) is 67.9 Å². The predicted octanol–water partition coefficient (Wildman–Crippen LogP) is 3.41. The monoisotopic (exact) mass is 412 g/mol. The quantitative estimate of drug-likeness (QED) is 0.817. The maximum atomic E-state index is 13.2. The van der Waals surface area contributed by atoms with Crippen LogP contribution in [0.15, 0.2) is 42.5 Å². The molecule has 0 spiro atoms. The number of carbonyl (C=O) groups is 2. The summed E-state index contributed by atoms with van der Waals surface area (Å²) in [5.41, 5.74) is 1.01. The fraction of sp³-hybridized carbons (Fsp3) is 0.391. The van der Waals surface area contributed by atoms with E-state index in [9.17, 15) is 14.0 Å². The van der Waals surface area contributed by atoms with Crippen LogP contribution in [-0.4, -0.2) is 49.1 Å². The van der Waals surface area contributed by atoms with Gasteiger partial charge >= 0.3 is 0 Å². The first-order valence-corrected chi connectivity index (χ1v) is 10.1. The zero-order chi connectivity index (χ0) is 21.3. The maximum Gasteiger partial charge on any atom is 0.254 e. The van der Waals surface area contributed by atoms with Crippen LogP contribution >= 0.6 is 0 Å². The van der Waals surface area contributed by atoms with Crippen molar-refractivity contribution in [2.75, 3.05) is 14.2 Å². The third-order valence-electron chi connectivity index (χ3n) is 6.04. The molecular formula is C23H25FN2O4. The number of rotatable bonds is 5. The fourth-order valence-corrected chi connectivity index (χ4v) is 4.61. The van der Waals surface area contributed by atoms with Crippen LogP contribution in [-0.2, 0) is 0 Å². The van der Waals surface area contributed by atoms with Crippen molar-refractivity contribution in [1.29, 1.82) is 0 Å². The lowest BCUT2D eigenvalue weighted by Crippen LogP contribution is -2.52. The highest BCUT2D eigenvalue weighted by atomic mass is 19.1. The van der Waals surface area contributed by atoms with Gasteiger partial charge in [-0.25, -0.2) is 4.39 Å². The van der Waals surface area contributed by atoms with Gasteiger partial charge in [-0.1, -0.05) is 0 Å². The van der Waals surface area contributed by atoms with Crippen LogP contribution in [0.25, 0.3) is 0 Å². The van der Waals surface area contributed by atoms with Gasteiger partial charge in [-0.2, -0.15) is 0 Å². The number of nitrogens with zero attached hydrogens (tertiary/aromatic N) is 1. The lowest BCUT2D eigenvalue weighted by molar-refractivity contribution is 0.0549. The summed E-state index contributed by atoms with van der Waals surface area (Å²) < 4.78 is 23.7. The van der Waals surface area contributed by atoms with Gasteiger partial charge in [0, 0.05) is 29.3 Å². The molecule has 2 aromatic carbocycles. The first-order chi connectivity index (χ1) is 14.5. The Hall–Kier alpha value is -3.09. The molecule has 4 rings (SSSR count). The van der Waals surface area contributed by atoms with E-state index in [1.54, 1.807) is 32.4 Å². The highest BCUT2D eigenvalue weighted by Crippen LogP contribution is 2.38. The Labute approximate surface area is 175 Å². The summed E-state index contributed by atoms with van der Waals surface area (Å²) in [7, 11) is 3.11. The number of methoxy groups -OCH3 is 2. The van der Waals surface area contributed by atoms with E-state index in [1.807, 2.05) is 4.90 Å². The normalized spacial score (nSPS) is 22.5. The molecule has 0 radical (unpaired) electrons. The van der Waals surface area contributed by atoms with Crippen molar-refractivity contribution in [2.45, 2.75) is 43.8 Å². The highest BCUT2D eigenvalue weighted by molar-refractivity contribution is 5.96. The molecule has 2 heterocycles. The number of piperidine rings is 1. The Morgan fingerprint density at radius 2 is 1.53 bits per heavy atom. The van der Waals surface area contributed by atoms with Crippen molar-refractivity contribution < 1.29 is 23.5 Å². The lowest BCUT2D eigenvalue weighted by atomic mass is 9.95. The highest BCUT2D eigenvalue weighted by Gasteiger charge is 2.43. The van der Waals surface area contributed by atoms with Crippen molar-refractivity contribution >= 4 is 11.8 Å². The predicted molar refractivity (Wildman–Crippen MR) is 109 cm³/mol. The molecule has 0 aromatic heterocycles. The van der Waals surface area contributed by atoms with Crippen molar-refractivity contribution in [3.8, 4) is 11.5 Å². The molecule has 1 unspecified atom stereocenters. The van der Waals surface area contributed by atoms with Gasteiger partial charge in [0.1, 0.15) is 5.82 Å². The molecule has 2 aliphatic rings. The Morgan fingerprint density at radius 3 is 2.13 bits per heavy atom. The molecule has 2 fully saturated rings. The molecule has 1 N–H and O–H groups in total. The number of ether oxygens (including phenoxy) is 2. The van der Waals surface area contributed by atoms with Crippen molar-refractivity contribution in [3.63, 3.8) is 0 Å². The summed E-state index contributed by atoms with van der Waals surface area (Å²) in [6.07, 6.45) is 3.27. The van der Waals surface area contributed by atoms with E-state index in [0.29, 0.717) is 35.5 Å². The average Bonchev–Trinajstić information content (AvgIpc) is 3.03. The van der Waals surface area contributed by atoms with E-state index in [1.165, 1.54) is 24.3 Å². The molecule has 2 bridgehead atoms. The van der Waals surface area contributed by atoms with Crippen LogP contribution in [0.2, 0.25) is 0 Å². The smallest absolute Gasteiger partial charge is 0.254 e. The number of hydrogen-bond donors (Lipinski definition) is 1. The second-order valence-corrected chi connectivity index (χ2v) is 7.82. The first-order valence-electron chi connectivity index (χ1n) is 10.1. The zero-order valence-electron chi connectivity index (χ0n) is 17.1. The molecule has 3 atom stereocenters. The SMILES string of the molecule is COc1ccc(C(=O)N2[C@@H]3CC[C@H]2CC(NC(=O)c2ccc(F)cc2)C3)cc1OC. The Kier molecular flexibility index (Phi) is 5.61. The number of benzene rings is 2. The van der Waals surface area contributed by atoms with Crippen LogP contribution in [0.5, 0.6) is 11.5 Å². The summed E-state index contributed by atoms with van der Waals surface area (Å²) in [4.78, 5) is 27.7. The first kappa shape index (κ1) is 20.2.